The molecule has 34 heavy (non-hydrogen) atoms. The van der Waals surface area contributed by atoms with E-state index in [1.54, 1.807) is 64.6 Å². The second kappa shape index (κ2) is 11.1. The molecule has 8 heteroatoms. The van der Waals surface area contributed by atoms with E-state index in [4.69, 9.17) is 14.2 Å². The van der Waals surface area contributed by atoms with E-state index in [0.717, 1.165) is 0 Å². The third-order valence-electron chi connectivity index (χ3n) is 4.18. The molecular weight excluding hydrogens is 439 g/mol. The highest BCUT2D eigenvalue weighted by Crippen LogP contribution is 2.28. The number of ether oxygens (including phenoxy) is 3. The van der Waals surface area contributed by atoms with Gasteiger partial charge in [-0.05, 0) is 77.9 Å². The van der Waals surface area contributed by atoms with Crippen molar-refractivity contribution in [3.05, 3.63) is 59.4 Å². The molecule has 0 saturated carbocycles. The third-order valence-corrected chi connectivity index (χ3v) is 4.18. The van der Waals surface area contributed by atoms with Crippen LogP contribution in [0.1, 0.15) is 52.7 Å². The zero-order chi connectivity index (χ0) is 25.5. The summed E-state index contributed by atoms with van der Waals surface area (Å²) in [6.45, 7) is 10.4. The second-order valence-corrected chi connectivity index (χ2v) is 9.81. The van der Waals surface area contributed by atoms with Gasteiger partial charge in [0.15, 0.2) is 0 Å². The molecule has 0 aliphatic rings. The number of nitriles is 1. The van der Waals surface area contributed by atoms with Crippen molar-refractivity contribution in [2.45, 2.75) is 59.3 Å². The molecule has 0 unspecified atom stereocenters. The molecule has 0 aliphatic carbocycles. The number of benzene rings is 2. The van der Waals surface area contributed by atoms with Crippen LogP contribution < -0.4 is 4.74 Å². The molecule has 2 rings (SSSR count). The molecule has 0 fully saturated rings. The van der Waals surface area contributed by atoms with E-state index in [1.807, 2.05) is 0 Å². The molecule has 0 heterocycles. The standard InChI is InChI=1S/C26H31FN2O5/c1-25(2,3)33-23(30)16-29(17-24(31)34-26(4,5)6)15-19-8-7-18(14-28)13-22(19)32-21-11-9-20(27)10-12-21/h7-13H,15-17H2,1-6H3. The van der Waals surface area contributed by atoms with E-state index >= 15 is 0 Å². The van der Waals surface area contributed by atoms with Crippen LogP contribution in [0.4, 0.5) is 4.39 Å². The first kappa shape index (κ1) is 26.8. The van der Waals surface area contributed by atoms with Gasteiger partial charge in [0.05, 0.1) is 24.7 Å². The summed E-state index contributed by atoms with van der Waals surface area (Å²) in [5, 5.41) is 9.30. The lowest BCUT2D eigenvalue weighted by Gasteiger charge is -2.27. The summed E-state index contributed by atoms with van der Waals surface area (Å²) in [6.07, 6.45) is 0. The average molecular weight is 471 g/mol. The van der Waals surface area contributed by atoms with Crippen molar-refractivity contribution in [3.63, 3.8) is 0 Å². The van der Waals surface area contributed by atoms with Crippen molar-refractivity contribution < 1.29 is 28.2 Å². The first-order chi connectivity index (χ1) is 15.7. The monoisotopic (exact) mass is 470 g/mol. The van der Waals surface area contributed by atoms with Crippen molar-refractivity contribution in [3.8, 4) is 17.6 Å². The van der Waals surface area contributed by atoms with Crippen LogP contribution in [0.25, 0.3) is 0 Å². The molecule has 0 bridgehead atoms. The number of rotatable bonds is 8. The van der Waals surface area contributed by atoms with E-state index in [1.165, 1.54) is 24.3 Å². The van der Waals surface area contributed by atoms with Crippen LogP contribution in [0.15, 0.2) is 42.5 Å². The minimum atomic E-state index is -0.681. The van der Waals surface area contributed by atoms with Gasteiger partial charge in [0, 0.05) is 12.1 Å². The number of nitrogens with zero attached hydrogens (tertiary/aromatic N) is 2. The number of halogens is 1. The van der Waals surface area contributed by atoms with Gasteiger partial charge in [-0.25, -0.2) is 4.39 Å². The molecule has 2 aromatic carbocycles. The van der Waals surface area contributed by atoms with Crippen molar-refractivity contribution in [2.75, 3.05) is 13.1 Å². The lowest BCUT2D eigenvalue weighted by Crippen LogP contribution is -2.39. The summed E-state index contributed by atoms with van der Waals surface area (Å²) in [7, 11) is 0. The maximum atomic E-state index is 13.3. The summed E-state index contributed by atoms with van der Waals surface area (Å²) in [5.41, 5.74) is -0.373. The predicted molar refractivity (Wildman–Crippen MR) is 125 cm³/mol. The fourth-order valence-corrected chi connectivity index (χ4v) is 3.00. The number of carbonyl (C=O) groups excluding carboxylic acids is 2. The Morgan fingerprint density at radius 3 is 1.91 bits per heavy atom. The highest BCUT2D eigenvalue weighted by atomic mass is 19.1. The van der Waals surface area contributed by atoms with Crippen LogP contribution in [-0.4, -0.2) is 41.1 Å². The summed E-state index contributed by atoms with van der Waals surface area (Å²) < 4.78 is 30.0. The van der Waals surface area contributed by atoms with Crippen molar-refractivity contribution in [1.29, 1.82) is 5.26 Å². The largest absolute Gasteiger partial charge is 0.459 e. The topological polar surface area (TPSA) is 88.9 Å². The number of hydrogen-bond acceptors (Lipinski definition) is 7. The van der Waals surface area contributed by atoms with Gasteiger partial charge in [-0.2, -0.15) is 5.26 Å². The second-order valence-electron chi connectivity index (χ2n) is 9.81. The van der Waals surface area contributed by atoms with Gasteiger partial charge in [0.25, 0.3) is 0 Å². The van der Waals surface area contributed by atoms with Gasteiger partial charge in [0.2, 0.25) is 0 Å². The van der Waals surface area contributed by atoms with Gasteiger partial charge in [-0.1, -0.05) is 6.07 Å². The zero-order valence-electron chi connectivity index (χ0n) is 20.5. The molecular formula is C26H31FN2O5. The molecule has 0 N–H and O–H groups in total. The highest BCUT2D eigenvalue weighted by Gasteiger charge is 2.24. The molecule has 0 atom stereocenters. The van der Waals surface area contributed by atoms with Gasteiger partial charge in [-0.3, -0.25) is 14.5 Å². The Bertz CT molecular complexity index is 1020. The molecule has 0 amide bonds. The van der Waals surface area contributed by atoms with Crippen LogP contribution in [0.3, 0.4) is 0 Å². The normalized spacial score (nSPS) is 11.6. The van der Waals surface area contributed by atoms with Crippen LogP contribution in [0.2, 0.25) is 0 Å². The molecule has 0 spiro atoms. The fraction of sp³-hybridized carbons (Fsp3) is 0.423. The van der Waals surface area contributed by atoms with Crippen LogP contribution in [0, 0.1) is 17.1 Å². The molecule has 2 aromatic rings. The number of hydrogen-bond donors (Lipinski definition) is 0. The summed E-state index contributed by atoms with van der Waals surface area (Å²) in [5.74, 6) is -0.664. The molecule has 0 aromatic heterocycles. The van der Waals surface area contributed by atoms with Gasteiger partial charge in [0.1, 0.15) is 28.5 Å². The lowest BCUT2D eigenvalue weighted by molar-refractivity contribution is -0.160. The van der Waals surface area contributed by atoms with E-state index < -0.39 is 29.0 Å². The molecule has 7 nitrogen and oxygen atoms in total. The van der Waals surface area contributed by atoms with E-state index in [2.05, 4.69) is 6.07 Å². The Morgan fingerprint density at radius 1 is 0.912 bits per heavy atom. The van der Waals surface area contributed by atoms with E-state index in [-0.39, 0.29) is 19.6 Å². The van der Waals surface area contributed by atoms with Crippen molar-refractivity contribution >= 4 is 11.9 Å². The van der Waals surface area contributed by atoms with Crippen molar-refractivity contribution in [2.24, 2.45) is 0 Å². The zero-order valence-corrected chi connectivity index (χ0v) is 20.5. The average Bonchev–Trinajstić information content (AvgIpc) is 2.67. The Kier molecular flexibility index (Phi) is 8.77. The van der Waals surface area contributed by atoms with Crippen LogP contribution in [-0.2, 0) is 25.6 Å². The molecule has 182 valence electrons. The fourth-order valence-electron chi connectivity index (χ4n) is 3.00. The first-order valence-electron chi connectivity index (χ1n) is 10.9. The summed E-state index contributed by atoms with van der Waals surface area (Å²) in [4.78, 5) is 26.6. The number of carbonyl (C=O) groups is 2. The van der Waals surface area contributed by atoms with Gasteiger partial charge < -0.3 is 14.2 Å². The highest BCUT2D eigenvalue weighted by molar-refractivity contribution is 5.75. The smallest absolute Gasteiger partial charge is 0.320 e. The Morgan fingerprint density at radius 2 is 1.44 bits per heavy atom. The maximum absolute atomic E-state index is 13.3. The molecule has 0 aliphatic heterocycles. The lowest BCUT2D eigenvalue weighted by atomic mass is 10.1. The van der Waals surface area contributed by atoms with Gasteiger partial charge >= 0.3 is 11.9 Å². The Balaban J connectivity index is 2.31. The Hall–Kier alpha value is -3.44. The maximum Gasteiger partial charge on any atom is 0.320 e. The van der Waals surface area contributed by atoms with Crippen LogP contribution in [0.5, 0.6) is 11.5 Å². The third kappa shape index (κ3) is 9.59. The predicted octanol–water partition coefficient (Wildman–Crippen LogP) is 4.98. The minimum Gasteiger partial charge on any atom is -0.459 e. The Labute approximate surface area is 200 Å². The van der Waals surface area contributed by atoms with E-state index in [0.29, 0.717) is 22.6 Å². The van der Waals surface area contributed by atoms with Crippen molar-refractivity contribution in [1.82, 2.24) is 4.90 Å². The molecule has 0 radical (unpaired) electrons. The summed E-state index contributed by atoms with van der Waals surface area (Å²) >= 11 is 0. The first-order valence-corrected chi connectivity index (χ1v) is 10.9. The van der Waals surface area contributed by atoms with Crippen LogP contribution >= 0.6 is 0 Å². The SMILES string of the molecule is CC(C)(C)OC(=O)CN(CC(=O)OC(C)(C)C)Cc1ccc(C#N)cc1Oc1ccc(F)cc1. The number of esters is 2. The van der Waals surface area contributed by atoms with Gasteiger partial charge in [-0.15, -0.1) is 0 Å². The quantitative estimate of drug-likeness (QED) is 0.503. The summed E-state index contributed by atoms with van der Waals surface area (Å²) in [6, 6.07) is 12.4. The minimum absolute atomic E-state index is 0.140. The molecule has 0 saturated heterocycles. The van der Waals surface area contributed by atoms with E-state index in [9.17, 15) is 19.2 Å².